The van der Waals surface area contributed by atoms with Crippen LogP contribution in [0.4, 0.5) is 0 Å². The average Bonchev–Trinajstić information content (AvgIpc) is 2.59. The van der Waals surface area contributed by atoms with E-state index in [0.29, 0.717) is 5.92 Å². The molecule has 4 unspecified atom stereocenters. The predicted octanol–water partition coefficient (Wildman–Crippen LogP) is 3.34. The summed E-state index contributed by atoms with van der Waals surface area (Å²) in [6.45, 7) is 0. The molecule has 4 rings (SSSR count). The molecule has 2 fully saturated rings. The number of rotatable bonds is 2. The van der Waals surface area contributed by atoms with Crippen LogP contribution in [0.15, 0.2) is 6.07 Å². The molecule has 128 valence electrons. The fourth-order valence-corrected chi connectivity index (χ4v) is 6.70. The van der Waals surface area contributed by atoms with Crippen molar-refractivity contribution < 1.29 is 19.8 Å². The van der Waals surface area contributed by atoms with Crippen molar-refractivity contribution in [1.82, 2.24) is 0 Å². The number of carboxylic acid groups (broad SMARTS) is 2. The number of carbonyl (C=O) groups excluding carboxylic acids is 1. The smallest absolute Gasteiger partial charge is 0.394 e. The van der Waals surface area contributed by atoms with Crippen LogP contribution in [0.5, 0.6) is 0 Å². The summed E-state index contributed by atoms with van der Waals surface area (Å²) >= 11 is 1.26. The Labute approximate surface area is 145 Å². The lowest BCUT2D eigenvalue weighted by atomic mass is 9.57. The number of aryl methyl sites for hydroxylation is 1. The Bertz CT molecular complexity index is 699. The topological polar surface area (TPSA) is 77.4 Å². The van der Waals surface area contributed by atoms with Gasteiger partial charge in [-0.3, -0.25) is 0 Å². The zero-order valence-electron chi connectivity index (χ0n) is 13.6. The van der Waals surface area contributed by atoms with Crippen molar-refractivity contribution in [3.8, 4) is 0 Å². The van der Waals surface area contributed by atoms with Gasteiger partial charge in [0, 0.05) is 23.6 Å². The standard InChI is InChI=1S/C19H22O4S/c20-18(21)14-9-16(19(22)23)24-15-8-7-12-11-4-2-1-3-10(11)5-6-13(12)17(14)15/h9-13H,1-8H2,(H-,20,21,22,23). The van der Waals surface area contributed by atoms with Gasteiger partial charge in [-0.2, -0.15) is 0 Å². The van der Waals surface area contributed by atoms with E-state index in [1.807, 2.05) is 0 Å². The zero-order valence-corrected chi connectivity index (χ0v) is 14.4. The number of hydrogen-bond donors (Lipinski definition) is 1. The van der Waals surface area contributed by atoms with Crippen LogP contribution in [0.1, 0.15) is 81.3 Å². The molecule has 2 saturated carbocycles. The molecular formula is C19H22O4S. The Balaban J connectivity index is 1.78. The van der Waals surface area contributed by atoms with Gasteiger partial charge in [-0.1, -0.05) is 19.3 Å². The van der Waals surface area contributed by atoms with Crippen LogP contribution < -0.4 is 5.11 Å². The third-order valence-corrected chi connectivity index (χ3v) is 7.67. The molecule has 0 aromatic carbocycles. The molecule has 24 heavy (non-hydrogen) atoms. The van der Waals surface area contributed by atoms with Crippen molar-refractivity contribution >= 4 is 23.3 Å². The SMILES string of the molecule is O=C(O)c1cc(C(=O)[O-])c2c([s+]1)CCC1C2CCC2CCCCC21. The quantitative estimate of drug-likeness (QED) is 0.833. The summed E-state index contributed by atoms with van der Waals surface area (Å²) in [5.74, 6) is 0.105. The maximum Gasteiger partial charge on any atom is 0.394 e. The fraction of sp³-hybridized carbons (Fsp3) is 0.632. The van der Waals surface area contributed by atoms with E-state index < -0.39 is 11.9 Å². The molecule has 1 N–H and O–H groups in total. The molecule has 0 amide bonds. The zero-order chi connectivity index (χ0) is 16.8. The highest BCUT2D eigenvalue weighted by Crippen LogP contribution is 2.55. The van der Waals surface area contributed by atoms with Crippen LogP contribution >= 0.6 is 11.3 Å². The summed E-state index contributed by atoms with van der Waals surface area (Å²) in [5, 5.41) is 21.0. The normalized spacial score (nSPS) is 31.5. The molecule has 0 radical (unpaired) electrons. The molecule has 1 heterocycles. The second-order valence-corrected chi connectivity index (χ2v) is 8.69. The lowest BCUT2D eigenvalue weighted by Gasteiger charge is -2.47. The third-order valence-electron chi connectivity index (χ3n) is 6.49. The molecule has 0 spiro atoms. The highest BCUT2D eigenvalue weighted by Gasteiger charge is 2.46. The monoisotopic (exact) mass is 346 g/mol. The summed E-state index contributed by atoms with van der Waals surface area (Å²) in [5.41, 5.74) is 1.04. The Morgan fingerprint density at radius 2 is 1.88 bits per heavy atom. The van der Waals surface area contributed by atoms with Gasteiger partial charge < -0.3 is 15.0 Å². The van der Waals surface area contributed by atoms with Crippen molar-refractivity contribution in [2.75, 3.05) is 0 Å². The lowest BCUT2D eigenvalue weighted by Crippen LogP contribution is -2.39. The van der Waals surface area contributed by atoms with Crippen LogP contribution in [-0.4, -0.2) is 17.0 Å². The molecule has 0 saturated heterocycles. The van der Waals surface area contributed by atoms with Crippen LogP contribution in [0.3, 0.4) is 0 Å². The third kappa shape index (κ3) is 2.53. The first-order valence-electron chi connectivity index (χ1n) is 9.01. The number of fused-ring (bicyclic) bond motifs is 5. The van der Waals surface area contributed by atoms with Gasteiger partial charge in [0.05, 0.1) is 5.97 Å². The van der Waals surface area contributed by atoms with Gasteiger partial charge in [-0.15, -0.1) is 0 Å². The van der Waals surface area contributed by atoms with E-state index in [-0.39, 0.29) is 16.4 Å². The second kappa shape index (κ2) is 6.10. The van der Waals surface area contributed by atoms with E-state index in [1.165, 1.54) is 49.5 Å². The number of carboxylic acids is 2. The largest absolute Gasteiger partial charge is 0.545 e. The van der Waals surface area contributed by atoms with Crippen LogP contribution in [0.2, 0.25) is 0 Å². The molecule has 3 aliphatic rings. The minimum atomic E-state index is -1.23. The maximum absolute atomic E-state index is 11.7. The Kier molecular flexibility index (Phi) is 4.07. The van der Waals surface area contributed by atoms with Crippen molar-refractivity contribution in [2.45, 2.75) is 57.3 Å². The molecule has 5 heteroatoms. The van der Waals surface area contributed by atoms with Gasteiger partial charge in [0.1, 0.15) is 0 Å². The maximum atomic E-state index is 11.7. The molecule has 0 aliphatic heterocycles. The van der Waals surface area contributed by atoms with Gasteiger partial charge in [-0.25, -0.2) is 4.79 Å². The van der Waals surface area contributed by atoms with Gasteiger partial charge in [0.25, 0.3) is 0 Å². The molecule has 3 aliphatic carbocycles. The van der Waals surface area contributed by atoms with E-state index >= 15 is 0 Å². The minimum absolute atomic E-state index is 0.109. The molecule has 4 nitrogen and oxygen atoms in total. The summed E-state index contributed by atoms with van der Waals surface area (Å²) in [4.78, 5) is 24.1. The number of carbonyl (C=O) groups is 2. The number of aromatic carboxylic acids is 2. The Hall–Kier alpha value is -1.49. The van der Waals surface area contributed by atoms with Crippen molar-refractivity contribution in [1.29, 1.82) is 0 Å². The van der Waals surface area contributed by atoms with E-state index in [1.54, 1.807) is 0 Å². The first kappa shape index (κ1) is 16.0. The number of hydrogen-bond acceptors (Lipinski definition) is 3. The molecule has 0 bridgehead atoms. The average molecular weight is 346 g/mol. The minimum Gasteiger partial charge on any atom is -0.545 e. The van der Waals surface area contributed by atoms with Gasteiger partial charge in [0.15, 0.2) is 0 Å². The Morgan fingerprint density at radius 3 is 2.62 bits per heavy atom. The van der Waals surface area contributed by atoms with Crippen molar-refractivity contribution in [3.63, 3.8) is 0 Å². The molecule has 4 atom stereocenters. The van der Waals surface area contributed by atoms with Crippen LogP contribution in [0, 0.1) is 17.8 Å². The highest BCUT2D eigenvalue weighted by atomic mass is 32.1. The van der Waals surface area contributed by atoms with E-state index in [4.69, 9.17) is 0 Å². The summed E-state index contributed by atoms with van der Waals surface area (Å²) in [7, 11) is 0. The summed E-state index contributed by atoms with van der Waals surface area (Å²) in [6.07, 6.45) is 9.35. The summed E-state index contributed by atoms with van der Waals surface area (Å²) in [6, 6.07) is 1.33. The van der Waals surface area contributed by atoms with Crippen LogP contribution in [-0.2, 0) is 6.42 Å². The van der Waals surface area contributed by atoms with Crippen molar-refractivity contribution in [3.05, 3.63) is 26.9 Å². The van der Waals surface area contributed by atoms with Crippen molar-refractivity contribution in [2.24, 2.45) is 17.8 Å². The Morgan fingerprint density at radius 1 is 1.08 bits per heavy atom. The lowest BCUT2D eigenvalue weighted by molar-refractivity contribution is -0.255. The second-order valence-electron chi connectivity index (χ2n) is 7.55. The van der Waals surface area contributed by atoms with Gasteiger partial charge >= 0.3 is 10.8 Å². The summed E-state index contributed by atoms with van der Waals surface area (Å²) < 4.78 is 0. The molecule has 1 aromatic rings. The molecule has 1 aromatic heterocycles. The van der Waals surface area contributed by atoms with Crippen LogP contribution in [0.25, 0.3) is 0 Å². The predicted molar refractivity (Wildman–Crippen MR) is 89.2 cm³/mol. The highest BCUT2D eigenvalue weighted by molar-refractivity contribution is 7.13. The van der Waals surface area contributed by atoms with Gasteiger partial charge in [-0.05, 0) is 49.4 Å². The fourth-order valence-electron chi connectivity index (χ4n) is 5.58. The van der Waals surface area contributed by atoms with E-state index in [9.17, 15) is 19.8 Å². The van der Waals surface area contributed by atoms with E-state index in [2.05, 4.69) is 0 Å². The van der Waals surface area contributed by atoms with E-state index in [0.717, 1.165) is 41.5 Å². The van der Waals surface area contributed by atoms with Gasteiger partial charge in [0.2, 0.25) is 16.2 Å². The first-order chi connectivity index (χ1) is 11.6. The molecular weight excluding hydrogens is 324 g/mol. The first-order valence-corrected chi connectivity index (χ1v) is 9.82.